The molecule has 1 aliphatic heterocycles. The molecular weight excluding hydrogens is 288 g/mol. The van der Waals surface area contributed by atoms with Gasteiger partial charge in [-0.25, -0.2) is 0 Å². The molecule has 1 heterocycles. The number of phenolic OH excluding ortho intramolecular Hbond substituents is 1. The maximum atomic E-state index is 10.6. The number of phenols is 1. The Kier molecular flexibility index (Phi) is 4.59. The van der Waals surface area contributed by atoms with Gasteiger partial charge in [-0.15, -0.1) is 0 Å². The summed E-state index contributed by atoms with van der Waals surface area (Å²) >= 11 is 0. The number of unbranched alkanes of at least 4 members (excludes halogenated alkanes) is 2. The van der Waals surface area contributed by atoms with Crippen molar-refractivity contribution in [2.45, 2.75) is 83.3 Å². The van der Waals surface area contributed by atoms with Crippen molar-refractivity contribution in [3.8, 4) is 11.5 Å². The van der Waals surface area contributed by atoms with E-state index in [4.69, 9.17) is 4.74 Å². The SMILES string of the molecule is CCCCCc1cc(O)c2c(c1)OC(C)(C)[C@@H]1CC[C@H](O)C[C@H]21. The summed E-state index contributed by atoms with van der Waals surface area (Å²) in [5.41, 5.74) is 1.83. The molecule has 1 saturated carbocycles. The summed E-state index contributed by atoms with van der Waals surface area (Å²) in [6.07, 6.45) is 6.78. The maximum Gasteiger partial charge on any atom is 0.127 e. The Morgan fingerprint density at radius 2 is 2.00 bits per heavy atom. The van der Waals surface area contributed by atoms with Crippen LogP contribution in [0.1, 0.15) is 76.3 Å². The molecule has 1 fully saturated rings. The van der Waals surface area contributed by atoms with E-state index in [2.05, 4.69) is 26.8 Å². The van der Waals surface area contributed by atoms with E-state index in [0.29, 0.717) is 11.7 Å². The van der Waals surface area contributed by atoms with Crippen molar-refractivity contribution in [1.29, 1.82) is 0 Å². The van der Waals surface area contributed by atoms with Gasteiger partial charge in [0.2, 0.25) is 0 Å². The van der Waals surface area contributed by atoms with Gasteiger partial charge in [-0.1, -0.05) is 19.8 Å². The molecule has 0 unspecified atom stereocenters. The molecule has 3 heteroatoms. The summed E-state index contributed by atoms with van der Waals surface area (Å²) in [5.74, 6) is 1.74. The van der Waals surface area contributed by atoms with Crippen LogP contribution in [-0.2, 0) is 6.42 Å². The highest BCUT2D eigenvalue weighted by molar-refractivity contribution is 5.52. The second kappa shape index (κ2) is 6.35. The number of benzene rings is 1. The van der Waals surface area contributed by atoms with Crippen LogP contribution < -0.4 is 4.74 Å². The minimum atomic E-state index is -0.262. The molecule has 0 saturated heterocycles. The maximum absolute atomic E-state index is 10.6. The lowest BCUT2D eigenvalue weighted by atomic mass is 9.66. The molecule has 0 radical (unpaired) electrons. The molecule has 0 spiro atoms. The lowest BCUT2D eigenvalue weighted by molar-refractivity contribution is -0.0317. The summed E-state index contributed by atoms with van der Waals surface area (Å²) in [5, 5.41) is 20.7. The van der Waals surface area contributed by atoms with Gasteiger partial charge < -0.3 is 14.9 Å². The van der Waals surface area contributed by atoms with Crippen molar-refractivity contribution in [3.05, 3.63) is 23.3 Å². The zero-order valence-electron chi connectivity index (χ0n) is 14.6. The summed E-state index contributed by atoms with van der Waals surface area (Å²) in [6, 6.07) is 4.03. The molecule has 3 rings (SSSR count). The van der Waals surface area contributed by atoms with Gasteiger partial charge in [0.1, 0.15) is 17.1 Å². The first-order chi connectivity index (χ1) is 10.9. The minimum Gasteiger partial charge on any atom is -0.508 e. The summed E-state index contributed by atoms with van der Waals surface area (Å²) in [6.45, 7) is 6.49. The Balaban J connectivity index is 1.94. The molecular formula is C20H30O3. The molecule has 3 atom stereocenters. The monoisotopic (exact) mass is 318 g/mol. The molecule has 2 aliphatic rings. The normalized spacial score (nSPS) is 28.6. The molecule has 0 bridgehead atoms. The van der Waals surface area contributed by atoms with Gasteiger partial charge >= 0.3 is 0 Å². The van der Waals surface area contributed by atoms with Crippen LogP contribution in [0.4, 0.5) is 0 Å². The van der Waals surface area contributed by atoms with Crippen molar-refractivity contribution >= 4 is 0 Å². The highest BCUT2D eigenvalue weighted by atomic mass is 16.5. The third-order valence-corrected chi connectivity index (χ3v) is 5.71. The lowest BCUT2D eigenvalue weighted by Crippen LogP contribution is -2.47. The van der Waals surface area contributed by atoms with E-state index < -0.39 is 0 Å². The molecule has 0 amide bonds. The Morgan fingerprint density at radius 3 is 2.74 bits per heavy atom. The first kappa shape index (κ1) is 16.6. The van der Waals surface area contributed by atoms with Gasteiger partial charge in [0, 0.05) is 17.4 Å². The van der Waals surface area contributed by atoms with E-state index in [-0.39, 0.29) is 17.6 Å². The van der Waals surface area contributed by atoms with Crippen molar-refractivity contribution < 1.29 is 14.9 Å². The first-order valence-corrected chi connectivity index (χ1v) is 9.15. The van der Waals surface area contributed by atoms with Crippen LogP contribution in [0, 0.1) is 5.92 Å². The lowest BCUT2D eigenvalue weighted by Gasteiger charge is -2.48. The van der Waals surface area contributed by atoms with Gasteiger partial charge in [-0.3, -0.25) is 0 Å². The number of rotatable bonds is 4. The highest BCUT2D eigenvalue weighted by Crippen LogP contribution is 2.54. The van der Waals surface area contributed by atoms with Crippen LogP contribution in [0.3, 0.4) is 0 Å². The summed E-state index contributed by atoms with van der Waals surface area (Å²) < 4.78 is 6.31. The van der Waals surface area contributed by atoms with Crippen LogP contribution in [-0.4, -0.2) is 21.9 Å². The van der Waals surface area contributed by atoms with E-state index >= 15 is 0 Å². The second-order valence-corrected chi connectivity index (χ2v) is 7.87. The largest absolute Gasteiger partial charge is 0.508 e. The molecule has 1 aromatic carbocycles. The molecule has 23 heavy (non-hydrogen) atoms. The molecule has 128 valence electrons. The predicted octanol–water partition coefficient (Wildman–Crippen LogP) is 4.54. The number of aryl methyl sites for hydroxylation is 1. The molecule has 2 N–H and O–H groups in total. The number of aromatic hydroxyl groups is 1. The van der Waals surface area contributed by atoms with Crippen LogP contribution in [0.15, 0.2) is 12.1 Å². The van der Waals surface area contributed by atoms with E-state index in [9.17, 15) is 10.2 Å². The van der Waals surface area contributed by atoms with E-state index in [0.717, 1.165) is 49.0 Å². The third-order valence-electron chi connectivity index (χ3n) is 5.71. The predicted molar refractivity (Wildman–Crippen MR) is 92.1 cm³/mol. The van der Waals surface area contributed by atoms with Gasteiger partial charge in [0.05, 0.1) is 6.10 Å². The van der Waals surface area contributed by atoms with Crippen molar-refractivity contribution in [1.82, 2.24) is 0 Å². The average molecular weight is 318 g/mol. The Morgan fingerprint density at radius 1 is 1.22 bits per heavy atom. The molecule has 1 aromatic rings. The van der Waals surface area contributed by atoms with Gasteiger partial charge in [-0.05, 0) is 63.6 Å². The number of aliphatic hydroxyl groups excluding tert-OH is 1. The van der Waals surface area contributed by atoms with Crippen molar-refractivity contribution in [2.75, 3.05) is 0 Å². The van der Waals surface area contributed by atoms with Gasteiger partial charge in [-0.2, -0.15) is 0 Å². The number of fused-ring (bicyclic) bond motifs is 3. The van der Waals surface area contributed by atoms with Gasteiger partial charge in [0.15, 0.2) is 0 Å². The van der Waals surface area contributed by atoms with Crippen LogP contribution >= 0.6 is 0 Å². The fourth-order valence-corrected chi connectivity index (χ4v) is 4.51. The Bertz CT molecular complexity index is 564. The average Bonchev–Trinajstić information content (AvgIpc) is 2.46. The van der Waals surface area contributed by atoms with Gasteiger partial charge in [0.25, 0.3) is 0 Å². The smallest absolute Gasteiger partial charge is 0.127 e. The third kappa shape index (κ3) is 3.21. The highest BCUT2D eigenvalue weighted by Gasteiger charge is 2.47. The Labute approximate surface area is 139 Å². The summed E-state index contributed by atoms with van der Waals surface area (Å²) in [7, 11) is 0. The van der Waals surface area contributed by atoms with Crippen molar-refractivity contribution in [2.24, 2.45) is 5.92 Å². The number of hydrogen-bond donors (Lipinski definition) is 2. The molecule has 1 aliphatic carbocycles. The minimum absolute atomic E-state index is 0.196. The first-order valence-electron chi connectivity index (χ1n) is 9.15. The quantitative estimate of drug-likeness (QED) is 0.801. The summed E-state index contributed by atoms with van der Waals surface area (Å²) in [4.78, 5) is 0. The van der Waals surface area contributed by atoms with Crippen LogP contribution in [0.5, 0.6) is 11.5 Å². The fraction of sp³-hybridized carbons (Fsp3) is 0.700. The fourth-order valence-electron chi connectivity index (χ4n) is 4.51. The second-order valence-electron chi connectivity index (χ2n) is 7.87. The Hall–Kier alpha value is -1.22. The molecule has 3 nitrogen and oxygen atoms in total. The standard InChI is InChI=1S/C20H30O3/c1-4-5-6-7-13-10-17(22)19-15-12-14(21)8-9-16(15)20(2,3)23-18(19)11-13/h10-11,14-16,21-22H,4-9,12H2,1-3H3/t14-,15-,16+/m0/s1. The number of hydrogen-bond acceptors (Lipinski definition) is 3. The van der Waals surface area contributed by atoms with E-state index in [1.54, 1.807) is 0 Å². The van der Waals surface area contributed by atoms with Crippen molar-refractivity contribution in [3.63, 3.8) is 0 Å². The van der Waals surface area contributed by atoms with E-state index in [1.807, 2.05) is 6.07 Å². The number of aliphatic hydroxyl groups is 1. The topological polar surface area (TPSA) is 49.7 Å². The van der Waals surface area contributed by atoms with Crippen LogP contribution in [0.25, 0.3) is 0 Å². The molecule has 0 aromatic heterocycles. The number of ether oxygens (including phenoxy) is 1. The van der Waals surface area contributed by atoms with Crippen LogP contribution in [0.2, 0.25) is 0 Å². The van der Waals surface area contributed by atoms with E-state index in [1.165, 1.54) is 12.8 Å². The zero-order valence-corrected chi connectivity index (χ0v) is 14.6. The zero-order chi connectivity index (χ0) is 16.6.